The zero-order chi connectivity index (χ0) is 16.9. The van der Waals surface area contributed by atoms with Crippen molar-refractivity contribution in [1.82, 2.24) is 10.2 Å². The molecule has 24 heavy (non-hydrogen) atoms. The van der Waals surface area contributed by atoms with Crippen molar-refractivity contribution in [2.24, 2.45) is 0 Å². The lowest BCUT2D eigenvalue weighted by molar-refractivity contribution is -0.142. The summed E-state index contributed by atoms with van der Waals surface area (Å²) in [6, 6.07) is 17.3. The number of nitrogens with one attached hydrogen (secondary N) is 1. The van der Waals surface area contributed by atoms with Gasteiger partial charge in [-0.2, -0.15) is 0 Å². The van der Waals surface area contributed by atoms with E-state index in [4.69, 9.17) is 4.74 Å². The second-order valence-electron chi connectivity index (χ2n) is 5.59. The number of carbonyl (C=O) groups excluding carboxylic acids is 2. The number of hydrogen-bond acceptors (Lipinski definition) is 4. The van der Waals surface area contributed by atoms with Gasteiger partial charge in [-0.15, -0.1) is 0 Å². The van der Waals surface area contributed by atoms with Crippen molar-refractivity contribution in [3.05, 3.63) is 71.3 Å². The molecule has 0 saturated carbocycles. The van der Waals surface area contributed by atoms with E-state index in [1.54, 1.807) is 11.8 Å². The van der Waals surface area contributed by atoms with Gasteiger partial charge in [-0.05, 0) is 18.6 Å². The number of esters is 1. The fraction of sp³-hybridized carbons (Fsp3) is 0.263. The number of ether oxygens (including phenoxy) is 1. The highest BCUT2D eigenvalue weighted by molar-refractivity contribution is 5.99. The first-order chi connectivity index (χ1) is 11.7. The monoisotopic (exact) mass is 324 g/mol. The SMILES string of the molecule is CCOC(=O)CNC1c2ccccc2C(=O)N1Cc1ccccc1. The van der Waals surface area contributed by atoms with Crippen LogP contribution in [0.2, 0.25) is 0 Å². The minimum Gasteiger partial charge on any atom is -0.465 e. The maximum atomic E-state index is 12.8. The number of hydrogen-bond donors (Lipinski definition) is 1. The Morgan fingerprint density at radius 3 is 2.58 bits per heavy atom. The van der Waals surface area contributed by atoms with Crippen LogP contribution in [0.5, 0.6) is 0 Å². The second-order valence-corrected chi connectivity index (χ2v) is 5.59. The Morgan fingerprint density at radius 1 is 1.12 bits per heavy atom. The van der Waals surface area contributed by atoms with Gasteiger partial charge in [0.1, 0.15) is 6.17 Å². The summed E-state index contributed by atoms with van der Waals surface area (Å²) in [4.78, 5) is 26.2. The van der Waals surface area contributed by atoms with Crippen molar-refractivity contribution in [3.8, 4) is 0 Å². The molecule has 1 heterocycles. The topological polar surface area (TPSA) is 58.6 Å². The van der Waals surface area contributed by atoms with E-state index in [9.17, 15) is 9.59 Å². The maximum absolute atomic E-state index is 12.8. The van der Waals surface area contributed by atoms with Crippen LogP contribution in [0.1, 0.15) is 34.6 Å². The van der Waals surface area contributed by atoms with Gasteiger partial charge in [0.15, 0.2) is 0 Å². The van der Waals surface area contributed by atoms with Crippen molar-refractivity contribution in [3.63, 3.8) is 0 Å². The Kier molecular flexibility index (Phi) is 4.91. The fourth-order valence-electron chi connectivity index (χ4n) is 2.93. The van der Waals surface area contributed by atoms with Gasteiger partial charge in [-0.3, -0.25) is 14.9 Å². The van der Waals surface area contributed by atoms with Crippen LogP contribution in [-0.2, 0) is 16.1 Å². The third-order valence-corrected chi connectivity index (χ3v) is 4.00. The molecule has 2 aromatic rings. The molecule has 5 heteroatoms. The van der Waals surface area contributed by atoms with E-state index in [1.165, 1.54) is 0 Å². The van der Waals surface area contributed by atoms with Crippen LogP contribution in [0.15, 0.2) is 54.6 Å². The average molecular weight is 324 g/mol. The molecule has 0 aliphatic carbocycles. The van der Waals surface area contributed by atoms with Crippen molar-refractivity contribution >= 4 is 11.9 Å². The third-order valence-electron chi connectivity index (χ3n) is 4.00. The van der Waals surface area contributed by atoms with Gasteiger partial charge in [-0.25, -0.2) is 0 Å². The quantitative estimate of drug-likeness (QED) is 0.830. The van der Waals surface area contributed by atoms with Crippen LogP contribution in [0.25, 0.3) is 0 Å². The van der Waals surface area contributed by atoms with Crippen molar-refractivity contribution in [1.29, 1.82) is 0 Å². The van der Waals surface area contributed by atoms with Gasteiger partial charge in [0, 0.05) is 17.7 Å². The van der Waals surface area contributed by atoms with Gasteiger partial charge in [0.25, 0.3) is 5.91 Å². The van der Waals surface area contributed by atoms with E-state index in [1.807, 2.05) is 54.6 Å². The average Bonchev–Trinajstić information content (AvgIpc) is 2.87. The van der Waals surface area contributed by atoms with Crippen LogP contribution in [-0.4, -0.2) is 29.9 Å². The summed E-state index contributed by atoms with van der Waals surface area (Å²) < 4.78 is 4.97. The van der Waals surface area contributed by atoms with Gasteiger partial charge in [-0.1, -0.05) is 48.5 Å². The fourth-order valence-corrected chi connectivity index (χ4v) is 2.93. The van der Waals surface area contributed by atoms with Crippen LogP contribution < -0.4 is 5.32 Å². The first-order valence-electron chi connectivity index (χ1n) is 8.03. The number of carbonyl (C=O) groups is 2. The minimum atomic E-state index is -0.335. The molecule has 0 aromatic heterocycles. The second kappa shape index (κ2) is 7.27. The van der Waals surface area contributed by atoms with E-state index in [0.29, 0.717) is 18.7 Å². The highest BCUT2D eigenvalue weighted by Crippen LogP contribution is 2.32. The molecule has 1 unspecified atom stereocenters. The van der Waals surface area contributed by atoms with E-state index in [-0.39, 0.29) is 24.6 Å². The van der Waals surface area contributed by atoms with Gasteiger partial charge >= 0.3 is 5.97 Å². The lowest BCUT2D eigenvalue weighted by Gasteiger charge is -2.26. The summed E-state index contributed by atoms with van der Waals surface area (Å²) in [5, 5.41) is 3.15. The van der Waals surface area contributed by atoms with Gasteiger partial charge in [0.2, 0.25) is 0 Å². The number of rotatable bonds is 6. The van der Waals surface area contributed by atoms with Crippen LogP contribution in [0.3, 0.4) is 0 Å². The Balaban J connectivity index is 1.82. The summed E-state index contributed by atoms with van der Waals surface area (Å²) in [5.74, 6) is -0.357. The number of benzene rings is 2. The molecular formula is C19H20N2O3. The number of amides is 1. The lowest BCUT2D eigenvalue weighted by Crippen LogP contribution is -2.39. The standard InChI is InChI=1S/C19H20N2O3/c1-2-24-17(22)12-20-18-15-10-6-7-11-16(15)19(23)21(18)13-14-8-4-3-5-9-14/h3-11,18,20H,2,12-13H2,1H3. The Bertz CT molecular complexity index is 730. The Hall–Kier alpha value is -2.66. The van der Waals surface area contributed by atoms with E-state index in [0.717, 1.165) is 11.1 Å². The molecule has 0 radical (unpaired) electrons. The van der Waals surface area contributed by atoms with Gasteiger partial charge in [0.05, 0.1) is 13.2 Å². The molecule has 1 aliphatic heterocycles. The molecule has 5 nitrogen and oxygen atoms in total. The van der Waals surface area contributed by atoms with Crippen LogP contribution in [0, 0.1) is 0 Å². The maximum Gasteiger partial charge on any atom is 0.319 e. The summed E-state index contributed by atoms with van der Waals surface area (Å²) in [6.07, 6.45) is -0.335. The smallest absolute Gasteiger partial charge is 0.319 e. The summed E-state index contributed by atoms with van der Waals surface area (Å²) >= 11 is 0. The molecule has 0 bridgehead atoms. The Morgan fingerprint density at radius 2 is 1.83 bits per heavy atom. The van der Waals surface area contributed by atoms with Crippen LogP contribution >= 0.6 is 0 Å². The summed E-state index contributed by atoms with van der Waals surface area (Å²) in [5.41, 5.74) is 2.61. The lowest BCUT2D eigenvalue weighted by atomic mass is 10.1. The van der Waals surface area contributed by atoms with E-state index in [2.05, 4.69) is 5.32 Å². The molecule has 1 aliphatic rings. The molecule has 1 atom stereocenters. The van der Waals surface area contributed by atoms with Crippen molar-refractivity contribution < 1.29 is 14.3 Å². The molecule has 1 N–H and O–H groups in total. The van der Waals surface area contributed by atoms with Crippen LogP contribution in [0.4, 0.5) is 0 Å². The molecule has 2 aromatic carbocycles. The molecule has 0 spiro atoms. The zero-order valence-electron chi connectivity index (χ0n) is 13.6. The van der Waals surface area contributed by atoms with Crippen molar-refractivity contribution in [2.45, 2.75) is 19.6 Å². The summed E-state index contributed by atoms with van der Waals surface area (Å²) in [6.45, 7) is 2.66. The molecular weight excluding hydrogens is 304 g/mol. The predicted molar refractivity (Wildman–Crippen MR) is 90.1 cm³/mol. The largest absolute Gasteiger partial charge is 0.465 e. The Labute approximate surface area is 141 Å². The molecule has 124 valence electrons. The molecule has 1 amide bonds. The van der Waals surface area contributed by atoms with E-state index < -0.39 is 0 Å². The number of nitrogens with zero attached hydrogens (tertiary/aromatic N) is 1. The molecule has 0 saturated heterocycles. The molecule has 3 rings (SSSR count). The van der Waals surface area contributed by atoms with Crippen molar-refractivity contribution in [2.75, 3.05) is 13.2 Å². The van der Waals surface area contributed by atoms with E-state index >= 15 is 0 Å². The first kappa shape index (κ1) is 16.2. The number of fused-ring (bicyclic) bond motifs is 1. The molecule has 0 fully saturated rings. The highest BCUT2D eigenvalue weighted by atomic mass is 16.5. The normalized spacial score (nSPS) is 16.1. The zero-order valence-corrected chi connectivity index (χ0v) is 13.6. The summed E-state index contributed by atoms with van der Waals surface area (Å²) in [7, 11) is 0. The third kappa shape index (κ3) is 3.31. The highest BCUT2D eigenvalue weighted by Gasteiger charge is 2.36. The first-order valence-corrected chi connectivity index (χ1v) is 8.03. The minimum absolute atomic E-state index is 0.0317. The predicted octanol–water partition coefficient (Wildman–Crippen LogP) is 2.49. The van der Waals surface area contributed by atoms with Gasteiger partial charge < -0.3 is 9.64 Å².